The van der Waals surface area contributed by atoms with Crippen LogP contribution in [-0.2, 0) is 88.1 Å². The Kier molecular flexibility index (Phi) is 37.1. The highest BCUT2D eigenvalue weighted by Crippen LogP contribution is 2.14. The van der Waals surface area contributed by atoms with Crippen molar-refractivity contribution < 1.29 is 67.0 Å². The van der Waals surface area contributed by atoms with Gasteiger partial charge in [0.2, 0.25) is 29.5 Å². The van der Waals surface area contributed by atoms with Crippen molar-refractivity contribution in [3.05, 3.63) is 80.1 Å². The number of carboxylic acids is 1. The van der Waals surface area contributed by atoms with Crippen molar-refractivity contribution in [2.45, 2.75) is 64.7 Å². The molecule has 0 unspecified atom stereocenters. The van der Waals surface area contributed by atoms with Gasteiger partial charge in [-0.05, 0) is 78.2 Å². The summed E-state index contributed by atoms with van der Waals surface area (Å²) < 4.78 is 43.4. The quantitative estimate of drug-likeness (QED) is 0.0281. The minimum atomic E-state index is -0.950. The summed E-state index contributed by atoms with van der Waals surface area (Å²) in [7, 11) is 5.84. The Hall–Kier alpha value is -5.12. The highest BCUT2D eigenvalue weighted by molar-refractivity contribution is 9.13. The molecule has 79 heavy (non-hydrogen) atoms. The van der Waals surface area contributed by atoms with Crippen LogP contribution in [0.25, 0.3) is 0 Å². The number of nitrogens with one attached hydrogen (secondary N) is 4. The zero-order chi connectivity index (χ0) is 58.4. The monoisotopic (exact) mass is 1310 g/mol. The number of aliphatic carboxylic acids is 1. The van der Waals surface area contributed by atoms with Crippen molar-refractivity contribution in [1.29, 1.82) is 0 Å². The number of carbonyl (C=O) groups excluding carboxylic acids is 5. The second-order valence-electron chi connectivity index (χ2n) is 16.5. The van der Waals surface area contributed by atoms with Gasteiger partial charge in [-0.15, -0.1) is 0 Å². The fraction of sp³-hybridized carbons (Fsp3) is 0.625. The van der Waals surface area contributed by atoms with Crippen LogP contribution in [0, 0.1) is 0 Å². The first kappa shape index (κ1) is 70.0. The number of hydrogen-bond acceptors (Lipinski definition) is 17. The average Bonchev–Trinajstić information content (AvgIpc) is 3.47. The van der Waals surface area contributed by atoms with E-state index in [9.17, 15) is 47.9 Å². The predicted octanol–water partition coefficient (Wildman–Crippen LogP) is -1.68. The average molecular weight is 1310 g/mol. The van der Waals surface area contributed by atoms with E-state index in [1.165, 1.54) is 14.0 Å². The minimum absolute atomic E-state index is 0.0250. The largest absolute Gasteiger partial charge is 0.481 e. The summed E-state index contributed by atoms with van der Waals surface area (Å²) >= 11 is 9.34. The van der Waals surface area contributed by atoms with Crippen LogP contribution >= 0.6 is 47.8 Å². The van der Waals surface area contributed by atoms with Gasteiger partial charge in [0, 0.05) is 65.2 Å². The zero-order valence-corrected chi connectivity index (χ0v) is 48.9. The molecule has 0 saturated carbocycles. The lowest BCUT2D eigenvalue weighted by Crippen LogP contribution is -2.48. The molecule has 5 amide bonds. The molecule has 0 saturated heterocycles. The number of aromatic nitrogens is 4. The van der Waals surface area contributed by atoms with Crippen molar-refractivity contribution in [3.8, 4) is 0 Å². The van der Waals surface area contributed by atoms with Crippen molar-refractivity contribution in [1.82, 2.24) is 44.9 Å². The number of hydrogen-bond donors (Lipinski definition) is 5. The summed E-state index contributed by atoms with van der Waals surface area (Å²) in [4.78, 5) is 125. The van der Waals surface area contributed by atoms with Crippen molar-refractivity contribution in [2.75, 3.05) is 132 Å². The molecule has 0 aliphatic carbocycles. The smallest absolute Gasteiger partial charge is 0.305 e. The number of ether oxygens (including phenoxy) is 7. The normalized spacial score (nSPS) is 11.0. The molecule has 2 aromatic rings. The highest BCUT2D eigenvalue weighted by Gasteiger charge is 2.19. The van der Waals surface area contributed by atoms with Gasteiger partial charge in [0.15, 0.2) is 0 Å². The predicted molar refractivity (Wildman–Crippen MR) is 298 cm³/mol. The Morgan fingerprint density at radius 1 is 0.468 bits per heavy atom. The lowest BCUT2D eigenvalue weighted by atomic mass is 9.99. The maximum Gasteiger partial charge on any atom is 0.305 e. The van der Waals surface area contributed by atoms with Crippen LogP contribution in [0.2, 0.25) is 0 Å². The summed E-state index contributed by atoms with van der Waals surface area (Å²) in [5, 5.41) is 19.3. The second kappa shape index (κ2) is 41.8. The number of halogens is 3. The molecule has 31 heteroatoms. The van der Waals surface area contributed by atoms with Crippen LogP contribution in [0.3, 0.4) is 0 Å². The van der Waals surface area contributed by atoms with Gasteiger partial charge < -0.3 is 64.4 Å². The lowest BCUT2D eigenvalue weighted by Gasteiger charge is -2.23. The number of carboxylic acid groups (broad SMARTS) is 1. The summed E-state index contributed by atoms with van der Waals surface area (Å²) in [5.41, 5.74) is -2.49. The van der Waals surface area contributed by atoms with Crippen LogP contribution < -0.4 is 49.0 Å². The molecule has 0 spiro atoms. The van der Waals surface area contributed by atoms with Gasteiger partial charge in [0.1, 0.15) is 16.8 Å². The maximum atomic E-state index is 13.2. The van der Waals surface area contributed by atoms with E-state index in [2.05, 4.69) is 82.2 Å². The fourth-order valence-corrected chi connectivity index (χ4v) is 7.84. The van der Waals surface area contributed by atoms with E-state index in [-0.39, 0.29) is 226 Å². The molecular weight excluding hydrogens is 1240 g/mol. The molecule has 2 aromatic heterocycles. The van der Waals surface area contributed by atoms with E-state index >= 15 is 0 Å². The molecular formula is C48H71BBr3N9O18. The SMILES string of the molecule is [B]c1c(Br)c(=O)n(CCCNC(=O)C=C)n(CCC(=O)NCCOCCOCCN(CCOCCOCCNC(=O)CCn2c(=O)c(Br)c(Br)c(=O)n2CCCNC(=O)C=C)C(=O)CCOCCOCCOCCC(=O)O)c1=O. The minimum Gasteiger partial charge on any atom is -0.481 e. The van der Waals surface area contributed by atoms with Gasteiger partial charge in [-0.1, -0.05) is 13.2 Å². The molecule has 0 aliphatic heterocycles. The van der Waals surface area contributed by atoms with Crippen molar-refractivity contribution in [2.24, 2.45) is 0 Å². The molecule has 0 aromatic carbocycles. The van der Waals surface area contributed by atoms with Gasteiger partial charge in [-0.2, -0.15) is 0 Å². The number of carbonyl (C=O) groups is 6. The second-order valence-corrected chi connectivity index (χ2v) is 18.9. The molecule has 2 rings (SSSR count). The van der Waals surface area contributed by atoms with Crippen molar-refractivity contribution >= 4 is 96.6 Å². The fourth-order valence-electron chi connectivity index (χ4n) is 6.72. The topological polar surface area (TPSA) is 327 Å². The highest BCUT2D eigenvalue weighted by atomic mass is 79.9. The van der Waals surface area contributed by atoms with Crippen molar-refractivity contribution in [3.63, 3.8) is 0 Å². The lowest BCUT2D eigenvalue weighted by molar-refractivity contribution is -0.138. The maximum absolute atomic E-state index is 13.2. The van der Waals surface area contributed by atoms with E-state index in [0.29, 0.717) is 12.8 Å². The molecule has 0 bridgehead atoms. The Morgan fingerprint density at radius 2 is 0.823 bits per heavy atom. The Balaban J connectivity index is 1.76. The molecule has 5 N–H and O–H groups in total. The third-order valence-electron chi connectivity index (χ3n) is 10.8. The third-order valence-corrected chi connectivity index (χ3v) is 13.6. The molecule has 2 heterocycles. The van der Waals surface area contributed by atoms with E-state index in [1.54, 1.807) is 4.90 Å². The van der Waals surface area contributed by atoms with Crippen LogP contribution in [0.4, 0.5) is 0 Å². The van der Waals surface area contributed by atoms with E-state index in [0.717, 1.165) is 16.8 Å². The van der Waals surface area contributed by atoms with E-state index < -0.39 is 34.1 Å². The van der Waals surface area contributed by atoms with Crippen LogP contribution in [0.15, 0.2) is 57.9 Å². The molecule has 2 radical (unpaired) electrons. The van der Waals surface area contributed by atoms with Gasteiger partial charge in [-0.25, -0.2) is 18.7 Å². The first-order valence-corrected chi connectivity index (χ1v) is 27.7. The standard InChI is InChI=1S/C48H71BBr3N9O18/c1-3-35(62)53-11-5-15-58-46(70)42(50)41(49)45(69)60(58)17-7-37(64)55-13-23-75-29-31-77-25-19-57(39(66)9-21-73-27-33-79-34-28-74-22-10-40(67)68)20-26-78-32-30-76-24-14-56-38(65)8-18-61-48(72)44(52)43(51)47(71)59(61)16-6-12-54-36(63)4-2/h3-4H,1-2,5-34H2,(H,53,62)(H,54,63)(H,55,64)(H,56,65)(H,67,68). The van der Waals surface area contributed by atoms with Crippen LogP contribution in [0.5, 0.6) is 0 Å². The van der Waals surface area contributed by atoms with E-state index in [1.807, 2.05) is 0 Å². The molecule has 27 nitrogen and oxygen atoms in total. The molecule has 0 aliphatic rings. The Labute approximate surface area is 482 Å². The Bertz CT molecular complexity index is 2380. The van der Waals surface area contributed by atoms with Gasteiger partial charge in [-0.3, -0.25) is 47.9 Å². The van der Waals surface area contributed by atoms with Gasteiger partial charge in [0.25, 0.3) is 22.2 Å². The van der Waals surface area contributed by atoms with Gasteiger partial charge >= 0.3 is 5.97 Å². The van der Waals surface area contributed by atoms with Crippen LogP contribution in [-0.4, -0.2) is 204 Å². The molecule has 0 atom stereocenters. The summed E-state index contributed by atoms with van der Waals surface area (Å²) in [5.74, 6) is -2.69. The third kappa shape index (κ3) is 28.7. The number of amides is 5. The van der Waals surface area contributed by atoms with E-state index in [4.69, 9.17) is 46.1 Å². The zero-order valence-electron chi connectivity index (χ0n) is 44.1. The molecule has 0 fully saturated rings. The summed E-state index contributed by atoms with van der Waals surface area (Å²) in [6.45, 7) is 10.6. The first-order chi connectivity index (χ1) is 37.9. The number of rotatable bonds is 46. The number of nitrogens with zero attached hydrogens (tertiary/aromatic N) is 5. The van der Waals surface area contributed by atoms with Crippen LogP contribution in [0.1, 0.15) is 38.5 Å². The first-order valence-electron chi connectivity index (χ1n) is 25.3. The molecule has 440 valence electrons. The Morgan fingerprint density at radius 3 is 1.24 bits per heavy atom. The summed E-state index contributed by atoms with van der Waals surface area (Å²) in [6.07, 6.45) is 2.62. The summed E-state index contributed by atoms with van der Waals surface area (Å²) in [6, 6.07) is 0. The van der Waals surface area contributed by atoms with Gasteiger partial charge in [0.05, 0.1) is 123 Å².